The van der Waals surface area contributed by atoms with Gasteiger partial charge in [-0.2, -0.15) is 0 Å². The number of anilines is 1. The average molecular weight is 154 g/mol. The van der Waals surface area contributed by atoms with Crippen molar-refractivity contribution in [1.29, 1.82) is 0 Å². The number of nitrogen functional groups attached to an aromatic ring is 1. The number of hydrogen-bond donors (Lipinski definition) is 2. The van der Waals surface area contributed by atoms with Gasteiger partial charge in [-0.05, 0) is 30.2 Å². The van der Waals surface area contributed by atoms with E-state index < -0.39 is 0 Å². The second kappa shape index (κ2) is 2.88. The van der Waals surface area contributed by atoms with Crippen LogP contribution in [-0.4, -0.2) is 0 Å². The van der Waals surface area contributed by atoms with E-state index in [1.165, 1.54) is 12.1 Å². The molecule has 0 unspecified atom stereocenters. The van der Waals surface area contributed by atoms with Crippen molar-refractivity contribution >= 4 is 5.69 Å². The molecule has 0 bridgehead atoms. The number of benzene rings is 1. The summed E-state index contributed by atoms with van der Waals surface area (Å²) in [6.07, 6.45) is 0. The van der Waals surface area contributed by atoms with Gasteiger partial charge in [0, 0.05) is 12.2 Å². The Morgan fingerprint density at radius 3 is 2.64 bits per heavy atom. The van der Waals surface area contributed by atoms with Gasteiger partial charge >= 0.3 is 0 Å². The lowest BCUT2D eigenvalue weighted by Gasteiger charge is -2.05. The zero-order valence-electron chi connectivity index (χ0n) is 6.39. The molecule has 0 aliphatic carbocycles. The van der Waals surface area contributed by atoms with E-state index in [1.807, 2.05) is 6.92 Å². The molecule has 4 N–H and O–H groups in total. The molecule has 0 saturated carbocycles. The molecule has 0 amide bonds. The molecular weight excluding hydrogens is 143 g/mol. The smallest absolute Gasteiger partial charge is 0.125 e. The summed E-state index contributed by atoms with van der Waals surface area (Å²) in [5, 5.41) is 0. The van der Waals surface area contributed by atoms with E-state index >= 15 is 0 Å². The number of nitrogens with two attached hydrogens (primary N) is 2. The van der Waals surface area contributed by atoms with Crippen LogP contribution in [0.5, 0.6) is 0 Å². The minimum absolute atomic E-state index is 0.325. The summed E-state index contributed by atoms with van der Waals surface area (Å²) >= 11 is 0. The van der Waals surface area contributed by atoms with Crippen molar-refractivity contribution in [2.75, 3.05) is 5.73 Å². The Hall–Kier alpha value is -1.09. The third-order valence-corrected chi connectivity index (χ3v) is 1.74. The average Bonchev–Trinajstić information content (AvgIpc) is 1.96. The molecule has 0 atom stereocenters. The fraction of sp³-hybridized carbons (Fsp3) is 0.250. The first kappa shape index (κ1) is 8.01. The molecule has 0 spiro atoms. The van der Waals surface area contributed by atoms with E-state index in [-0.39, 0.29) is 5.82 Å². The van der Waals surface area contributed by atoms with Crippen molar-refractivity contribution < 1.29 is 4.39 Å². The topological polar surface area (TPSA) is 52.0 Å². The third kappa shape index (κ3) is 1.49. The van der Waals surface area contributed by atoms with Crippen LogP contribution < -0.4 is 11.5 Å². The second-order valence-electron chi connectivity index (χ2n) is 2.48. The number of hydrogen-bond acceptors (Lipinski definition) is 2. The molecule has 1 aromatic rings. The van der Waals surface area contributed by atoms with Crippen molar-refractivity contribution in [3.05, 3.63) is 29.1 Å². The van der Waals surface area contributed by atoms with Gasteiger partial charge < -0.3 is 11.5 Å². The monoisotopic (exact) mass is 154 g/mol. The summed E-state index contributed by atoms with van der Waals surface area (Å²) < 4.78 is 12.7. The molecule has 1 aromatic carbocycles. The highest BCUT2D eigenvalue weighted by Gasteiger charge is 2.02. The largest absolute Gasteiger partial charge is 0.398 e. The molecule has 3 heteroatoms. The highest BCUT2D eigenvalue weighted by molar-refractivity contribution is 5.50. The van der Waals surface area contributed by atoms with Crippen molar-refractivity contribution in [3.8, 4) is 0 Å². The normalized spacial score (nSPS) is 10.1. The molecule has 1 rings (SSSR count). The van der Waals surface area contributed by atoms with Crippen LogP contribution in [0.15, 0.2) is 12.1 Å². The first-order chi connectivity index (χ1) is 5.15. The summed E-state index contributed by atoms with van der Waals surface area (Å²) in [4.78, 5) is 0. The van der Waals surface area contributed by atoms with Gasteiger partial charge in [0.25, 0.3) is 0 Å². The van der Waals surface area contributed by atoms with Gasteiger partial charge in [-0.25, -0.2) is 4.39 Å². The van der Waals surface area contributed by atoms with Crippen LogP contribution in [-0.2, 0) is 6.54 Å². The Kier molecular flexibility index (Phi) is 2.10. The van der Waals surface area contributed by atoms with Crippen LogP contribution in [0.3, 0.4) is 0 Å². The molecule has 0 radical (unpaired) electrons. The molecule has 0 aliphatic heterocycles. The fourth-order valence-electron chi connectivity index (χ4n) is 0.971. The van der Waals surface area contributed by atoms with Crippen LogP contribution in [0.1, 0.15) is 11.1 Å². The van der Waals surface area contributed by atoms with Gasteiger partial charge in [0.1, 0.15) is 5.82 Å². The number of rotatable bonds is 1. The van der Waals surface area contributed by atoms with Crippen molar-refractivity contribution in [1.82, 2.24) is 0 Å². The third-order valence-electron chi connectivity index (χ3n) is 1.74. The van der Waals surface area contributed by atoms with E-state index in [2.05, 4.69) is 0 Å². The molecule has 0 fully saturated rings. The Morgan fingerprint density at radius 2 is 2.09 bits per heavy atom. The molecule has 60 valence electrons. The molecule has 0 aliphatic rings. The lowest BCUT2D eigenvalue weighted by atomic mass is 10.1. The lowest BCUT2D eigenvalue weighted by molar-refractivity contribution is 0.625. The fourth-order valence-corrected chi connectivity index (χ4v) is 0.971. The lowest BCUT2D eigenvalue weighted by Crippen LogP contribution is -2.02. The highest BCUT2D eigenvalue weighted by Crippen LogP contribution is 2.17. The van der Waals surface area contributed by atoms with E-state index in [9.17, 15) is 4.39 Å². The minimum atomic E-state index is -0.325. The molecule has 2 nitrogen and oxygen atoms in total. The summed E-state index contributed by atoms with van der Waals surface area (Å²) in [7, 11) is 0. The standard InChI is InChI=1S/C8H11FN2/c1-5-6(4-10)2-7(9)3-8(5)11/h2-3H,4,10-11H2,1H3. The summed E-state index contributed by atoms with van der Waals surface area (Å²) in [5.41, 5.74) is 13.0. The summed E-state index contributed by atoms with van der Waals surface area (Å²) in [5.74, 6) is -0.325. The van der Waals surface area contributed by atoms with Crippen LogP contribution in [0, 0.1) is 12.7 Å². The van der Waals surface area contributed by atoms with Crippen LogP contribution in [0.2, 0.25) is 0 Å². The van der Waals surface area contributed by atoms with Crippen LogP contribution >= 0.6 is 0 Å². The first-order valence-electron chi connectivity index (χ1n) is 3.39. The predicted molar refractivity (Wildman–Crippen MR) is 43.4 cm³/mol. The molecule has 0 aromatic heterocycles. The first-order valence-corrected chi connectivity index (χ1v) is 3.39. The Balaban J connectivity index is 3.24. The van der Waals surface area contributed by atoms with Gasteiger partial charge in [0.05, 0.1) is 0 Å². The number of halogens is 1. The maximum Gasteiger partial charge on any atom is 0.125 e. The van der Waals surface area contributed by atoms with Gasteiger partial charge in [-0.1, -0.05) is 0 Å². The predicted octanol–water partition coefficient (Wildman–Crippen LogP) is 1.18. The van der Waals surface area contributed by atoms with Crippen LogP contribution in [0.4, 0.5) is 10.1 Å². The van der Waals surface area contributed by atoms with Gasteiger partial charge in [0.15, 0.2) is 0 Å². The summed E-state index contributed by atoms with van der Waals surface area (Å²) in [6, 6.07) is 2.71. The van der Waals surface area contributed by atoms with E-state index in [0.29, 0.717) is 12.2 Å². The van der Waals surface area contributed by atoms with Crippen molar-refractivity contribution in [2.24, 2.45) is 5.73 Å². The van der Waals surface area contributed by atoms with E-state index in [0.717, 1.165) is 11.1 Å². The molecule has 0 heterocycles. The van der Waals surface area contributed by atoms with Gasteiger partial charge in [0.2, 0.25) is 0 Å². The van der Waals surface area contributed by atoms with Crippen molar-refractivity contribution in [2.45, 2.75) is 13.5 Å². The maximum absolute atomic E-state index is 12.7. The van der Waals surface area contributed by atoms with Crippen molar-refractivity contribution in [3.63, 3.8) is 0 Å². The zero-order chi connectivity index (χ0) is 8.43. The van der Waals surface area contributed by atoms with Gasteiger partial charge in [-0.3, -0.25) is 0 Å². The second-order valence-corrected chi connectivity index (χ2v) is 2.48. The van der Waals surface area contributed by atoms with E-state index in [4.69, 9.17) is 11.5 Å². The molecule has 0 saturated heterocycles. The summed E-state index contributed by atoms with van der Waals surface area (Å²) in [6.45, 7) is 2.16. The molecule has 11 heavy (non-hydrogen) atoms. The highest BCUT2D eigenvalue weighted by atomic mass is 19.1. The minimum Gasteiger partial charge on any atom is -0.398 e. The zero-order valence-corrected chi connectivity index (χ0v) is 6.39. The Labute approximate surface area is 65.0 Å². The Bertz CT molecular complexity index is 271. The van der Waals surface area contributed by atoms with Gasteiger partial charge in [-0.15, -0.1) is 0 Å². The Morgan fingerprint density at radius 1 is 1.45 bits per heavy atom. The quantitative estimate of drug-likeness (QED) is 0.597. The van der Waals surface area contributed by atoms with E-state index in [1.54, 1.807) is 0 Å². The molecular formula is C8H11FN2. The SMILES string of the molecule is Cc1c(N)cc(F)cc1CN. The maximum atomic E-state index is 12.7. The van der Waals surface area contributed by atoms with Crippen LogP contribution in [0.25, 0.3) is 0 Å².